The van der Waals surface area contributed by atoms with Gasteiger partial charge in [0.1, 0.15) is 0 Å². The van der Waals surface area contributed by atoms with Crippen LogP contribution in [0.25, 0.3) is 0 Å². The van der Waals surface area contributed by atoms with E-state index in [0.717, 1.165) is 4.47 Å². The van der Waals surface area contributed by atoms with Crippen LogP contribution in [0.15, 0.2) is 46.9 Å². The Morgan fingerprint density at radius 2 is 1.86 bits per heavy atom. The fraction of sp³-hybridized carbons (Fsp3) is 0.368. The zero-order chi connectivity index (χ0) is 15.0. The molecule has 2 aromatic rings. The van der Waals surface area contributed by atoms with Gasteiger partial charge < -0.3 is 5.32 Å². The maximum atomic E-state index is 3.75. The van der Waals surface area contributed by atoms with Crippen LogP contribution < -0.4 is 5.32 Å². The molecule has 2 heteroatoms. The molecule has 0 bridgehead atoms. The van der Waals surface area contributed by atoms with Gasteiger partial charge in [-0.05, 0) is 54.0 Å². The summed E-state index contributed by atoms with van der Waals surface area (Å²) in [7, 11) is 0. The average molecular weight is 344 g/mol. The largest absolute Gasteiger partial charge is 0.378 e. The van der Waals surface area contributed by atoms with Crippen LogP contribution in [0.4, 0.5) is 5.69 Å². The Morgan fingerprint density at radius 1 is 1.10 bits per heavy atom. The number of hydrogen-bond donors (Lipinski definition) is 1. The van der Waals surface area contributed by atoms with Crippen molar-refractivity contribution >= 4 is 21.6 Å². The Labute approximate surface area is 135 Å². The first kappa shape index (κ1) is 14.6. The van der Waals surface area contributed by atoms with Gasteiger partial charge in [0.15, 0.2) is 0 Å². The Balaban J connectivity index is 1.96. The molecule has 0 saturated carbocycles. The summed E-state index contributed by atoms with van der Waals surface area (Å²) < 4.78 is 1.16. The second-order valence-electron chi connectivity index (χ2n) is 6.62. The molecule has 3 rings (SSSR count). The standard InChI is InChI=1S/C19H22BrN/c1-13-16(20)9-6-10-17(13)21-18-11-12-19(2,3)15-8-5-4-7-14(15)18/h4-10,18,21H,11-12H2,1-3H3. The summed E-state index contributed by atoms with van der Waals surface area (Å²) in [5.41, 5.74) is 5.72. The molecule has 110 valence electrons. The van der Waals surface area contributed by atoms with Gasteiger partial charge in [-0.25, -0.2) is 0 Å². The zero-order valence-corrected chi connectivity index (χ0v) is 14.5. The third-order valence-electron chi connectivity index (χ3n) is 4.72. The van der Waals surface area contributed by atoms with E-state index in [2.05, 4.69) is 84.5 Å². The van der Waals surface area contributed by atoms with Crippen LogP contribution in [0.2, 0.25) is 0 Å². The summed E-state index contributed by atoms with van der Waals surface area (Å²) in [6.45, 7) is 6.86. The maximum Gasteiger partial charge on any atom is 0.0517 e. The smallest absolute Gasteiger partial charge is 0.0517 e. The van der Waals surface area contributed by atoms with Crippen molar-refractivity contribution in [2.75, 3.05) is 5.32 Å². The van der Waals surface area contributed by atoms with E-state index in [4.69, 9.17) is 0 Å². The fourth-order valence-electron chi connectivity index (χ4n) is 3.31. The zero-order valence-electron chi connectivity index (χ0n) is 12.9. The van der Waals surface area contributed by atoms with Crippen molar-refractivity contribution in [1.29, 1.82) is 0 Å². The van der Waals surface area contributed by atoms with Gasteiger partial charge in [0.25, 0.3) is 0 Å². The summed E-state index contributed by atoms with van der Waals surface area (Å²) in [6.07, 6.45) is 2.39. The average Bonchev–Trinajstić information content (AvgIpc) is 2.47. The molecule has 1 aliphatic carbocycles. The van der Waals surface area contributed by atoms with Crippen molar-refractivity contribution in [1.82, 2.24) is 0 Å². The lowest BCUT2D eigenvalue weighted by atomic mass is 9.71. The van der Waals surface area contributed by atoms with Gasteiger partial charge in [0.2, 0.25) is 0 Å². The van der Waals surface area contributed by atoms with Crippen LogP contribution in [0.1, 0.15) is 49.4 Å². The van der Waals surface area contributed by atoms with Gasteiger partial charge in [0.05, 0.1) is 6.04 Å². The lowest BCUT2D eigenvalue weighted by molar-refractivity contribution is 0.406. The summed E-state index contributed by atoms with van der Waals surface area (Å²) in [5, 5.41) is 3.75. The van der Waals surface area contributed by atoms with Crippen molar-refractivity contribution < 1.29 is 0 Å². The van der Waals surface area contributed by atoms with E-state index in [1.807, 2.05) is 0 Å². The molecule has 1 N–H and O–H groups in total. The van der Waals surface area contributed by atoms with Crippen molar-refractivity contribution in [3.63, 3.8) is 0 Å². The van der Waals surface area contributed by atoms with Crippen molar-refractivity contribution in [2.45, 2.75) is 45.1 Å². The molecule has 21 heavy (non-hydrogen) atoms. The predicted molar refractivity (Wildman–Crippen MR) is 93.9 cm³/mol. The lowest BCUT2D eigenvalue weighted by Crippen LogP contribution is -2.29. The molecule has 1 unspecified atom stereocenters. The van der Waals surface area contributed by atoms with E-state index in [1.54, 1.807) is 0 Å². The molecular weight excluding hydrogens is 322 g/mol. The Morgan fingerprint density at radius 3 is 2.67 bits per heavy atom. The number of halogens is 1. The van der Waals surface area contributed by atoms with Gasteiger partial charge in [-0.2, -0.15) is 0 Å². The highest BCUT2D eigenvalue weighted by Gasteiger charge is 2.32. The molecule has 0 saturated heterocycles. The quantitative estimate of drug-likeness (QED) is 0.706. The van der Waals surface area contributed by atoms with Gasteiger partial charge in [-0.1, -0.05) is 60.1 Å². The van der Waals surface area contributed by atoms with Crippen molar-refractivity contribution in [2.24, 2.45) is 0 Å². The van der Waals surface area contributed by atoms with Crippen molar-refractivity contribution in [3.05, 3.63) is 63.6 Å². The third-order valence-corrected chi connectivity index (χ3v) is 5.58. The van der Waals surface area contributed by atoms with Crippen molar-refractivity contribution in [3.8, 4) is 0 Å². The molecule has 0 heterocycles. The number of anilines is 1. The van der Waals surface area contributed by atoms with Gasteiger partial charge >= 0.3 is 0 Å². The van der Waals surface area contributed by atoms with Crippen LogP contribution in [0.3, 0.4) is 0 Å². The van der Waals surface area contributed by atoms with Gasteiger partial charge in [0, 0.05) is 10.2 Å². The normalized spacial score (nSPS) is 19.9. The van der Waals surface area contributed by atoms with Crippen LogP contribution in [-0.2, 0) is 5.41 Å². The fourth-order valence-corrected chi connectivity index (χ4v) is 3.68. The van der Waals surface area contributed by atoms with Crippen LogP contribution in [0, 0.1) is 6.92 Å². The lowest BCUT2D eigenvalue weighted by Gasteiger charge is -2.38. The molecule has 0 amide bonds. The summed E-state index contributed by atoms with van der Waals surface area (Å²) in [6, 6.07) is 15.6. The number of benzene rings is 2. The van der Waals surface area contributed by atoms with E-state index in [-0.39, 0.29) is 5.41 Å². The van der Waals surface area contributed by atoms with E-state index < -0.39 is 0 Å². The van der Waals surface area contributed by atoms with Crippen LogP contribution in [0.5, 0.6) is 0 Å². The predicted octanol–water partition coefficient (Wildman–Crippen LogP) is 5.98. The summed E-state index contributed by atoms with van der Waals surface area (Å²) in [5.74, 6) is 0. The van der Waals surface area contributed by atoms with E-state index >= 15 is 0 Å². The number of hydrogen-bond acceptors (Lipinski definition) is 1. The topological polar surface area (TPSA) is 12.0 Å². The minimum Gasteiger partial charge on any atom is -0.378 e. The van der Waals surface area contributed by atoms with Crippen LogP contribution >= 0.6 is 15.9 Å². The molecule has 1 aliphatic rings. The first-order valence-corrected chi connectivity index (χ1v) is 8.39. The third kappa shape index (κ3) is 2.74. The Hall–Kier alpha value is -1.28. The van der Waals surface area contributed by atoms with E-state index in [0.29, 0.717) is 6.04 Å². The second-order valence-corrected chi connectivity index (χ2v) is 7.47. The molecule has 0 aromatic heterocycles. The molecule has 2 aromatic carbocycles. The van der Waals surface area contributed by atoms with E-state index in [9.17, 15) is 0 Å². The van der Waals surface area contributed by atoms with Crippen LogP contribution in [-0.4, -0.2) is 0 Å². The number of nitrogens with one attached hydrogen (secondary N) is 1. The highest BCUT2D eigenvalue weighted by atomic mass is 79.9. The first-order valence-electron chi connectivity index (χ1n) is 7.60. The first-order chi connectivity index (χ1) is 9.99. The molecule has 0 spiro atoms. The maximum absolute atomic E-state index is 3.75. The minimum absolute atomic E-state index is 0.279. The number of rotatable bonds is 2. The van der Waals surface area contributed by atoms with Gasteiger partial charge in [-0.3, -0.25) is 0 Å². The van der Waals surface area contributed by atoms with Gasteiger partial charge in [-0.15, -0.1) is 0 Å². The summed E-state index contributed by atoms with van der Waals surface area (Å²) >= 11 is 3.62. The monoisotopic (exact) mass is 343 g/mol. The van der Waals surface area contributed by atoms with E-state index in [1.165, 1.54) is 35.2 Å². The molecule has 0 aliphatic heterocycles. The highest BCUT2D eigenvalue weighted by molar-refractivity contribution is 9.10. The summed E-state index contributed by atoms with van der Waals surface area (Å²) in [4.78, 5) is 0. The second kappa shape index (κ2) is 5.49. The SMILES string of the molecule is Cc1c(Br)cccc1NC1CCC(C)(C)c2ccccc21. The molecular formula is C19H22BrN. The molecule has 0 radical (unpaired) electrons. The molecule has 1 atom stereocenters. The Bertz CT molecular complexity index is 660. The Kier molecular flexibility index (Phi) is 3.83. The number of fused-ring (bicyclic) bond motifs is 1. The highest BCUT2D eigenvalue weighted by Crippen LogP contribution is 2.43. The molecule has 0 fully saturated rings. The minimum atomic E-state index is 0.279. The molecule has 1 nitrogen and oxygen atoms in total.